The van der Waals surface area contributed by atoms with Crippen LogP contribution in [0.1, 0.15) is 43.6 Å². The van der Waals surface area contributed by atoms with Gasteiger partial charge in [0.25, 0.3) is 0 Å². The number of hydrogen-bond acceptors (Lipinski definition) is 5. The lowest BCUT2D eigenvalue weighted by molar-refractivity contribution is 0.240. The van der Waals surface area contributed by atoms with Gasteiger partial charge in [-0.3, -0.25) is 4.98 Å². The molecule has 2 amide bonds. The number of aryl methyl sites for hydroxylation is 1. The lowest BCUT2D eigenvalue weighted by atomic mass is 10.2. The number of nitrogens with zero attached hydrogens (tertiary/aromatic N) is 3. The first-order chi connectivity index (χ1) is 11.1. The van der Waals surface area contributed by atoms with Gasteiger partial charge in [0.05, 0.1) is 0 Å². The standard InChI is InChI=1S/C16H23N5O2/c1-12(2)15-20-14(23-21-15)7-5-10-18-16(22)19-11-8-13-6-3-4-9-17-13/h3-4,6,9,12H,5,7-8,10-11H2,1-2H3,(H2,18,19,22). The van der Waals surface area contributed by atoms with Gasteiger partial charge in [-0.25, -0.2) is 4.79 Å². The zero-order chi connectivity index (χ0) is 16.5. The molecule has 0 aromatic carbocycles. The van der Waals surface area contributed by atoms with Crippen LogP contribution in [0.4, 0.5) is 4.79 Å². The third-order valence-electron chi connectivity index (χ3n) is 3.25. The van der Waals surface area contributed by atoms with Crippen molar-refractivity contribution in [2.24, 2.45) is 0 Å². The maximum atomic E-state index is 11.6. The predicted octanol–water partition coefficient (Wildman–Crippen LogP) is 2.06. The van der Waals surface area contributed by atoms with E-state index in [0.717, 1.165) is 17.9 Å². The summed E-state index contributed by atoms with van der Waals surface area (Å²) in [5.74, 6) is 1.60. The summed E-state index contributed by atoms with van der Waals surface area (Å²) in [7, 11) is 0. The van der Waals surface area contributed by atoms with E-state index < -0.39 is 0 Å². The van der Waals surface area contributed by atoms with E-state index in [1.54, 1.807) is 6.20 Å². The summed E-state index contributed by atoms with van der Waals surface area (Å²) in [5.41, 5.74) is 0.963. The molecule has 0 unspecified atom stereocenters. The van der Waals surface area contributed by atoms with Crippen molar-refractivity contribution in [3.05, 3.63) is 41.8 Å². The van der Waals surface area contributed by atoms with Gasteiger partial charge in [0, 0.05) is 43.7 Å². The van der Waals surface area contributed by atoms with Crippen molar-refractivity contribution in [1.82, 2.24) is 25.8 Å². The fourth-order valence-electron chi connectivity index (χ4n) is 1.96. The lowest BCUT2D eigenvalue weighted by Crippen LogP contribution is -2.37. The number of hydrogen-bond donors (Lipinski definition) is 2. The Kier molecular flexibility index (Phi) is 6.53. The van der Waals surface area contributed by atoms with Gasteiger partial charge in [0.2, 0.25) is 5.89 Å². The summed E-state index contributed by atoms with van der Waals surface area (Å²) in [4.78, 5) is 20.1. The molecule has 0 aliphatic rings. The highest BCUT2D eigenvalue weighted by Gasteiger charge is 2.09. The topological polar surface area (TPSA) is 92.9 Å². The van der Waals surface area contributed by atoms with E-state index in [0.29, 0.717) is 31.8 Å². The van der Waals surface area contributed by atoms with Gasteiger partial charge in [0.1, 0.15) is 0 Å². The number of urea groups is 1. The van der Waals surface area contributed by atoms with Gasteiger partial charge in [-0.05, 0) is 18.6 Å². The minimum atomic E-state index is -0.172. The van der Waals surface area contributed by atoms with Crippen LogP contribution in [0.5, 0.6) is 0 Å². The fourth-order valence-corrected chi connectivity index (χ4v) is 1.96. The molecular formula is C16H23N5O2. The van der Waals surface area contributed by atoms with Crippen LogP contribution in [-0.2, 0) is 12.8 Å². The number of nitrogens with one attached hydrogen (secondary N) is 2. The molecule has 0 aliphatic heterocycles. The Bertz CT molecular complexity index is 598. The van der Waals surface area contributed by atoms with E-state index in [1.165, 1.54) is 0 Å². The summed E-state index contributed by atoms with van der Waals surface area (Å²) in [6.07, 6.45) is 3.88. The van der Waals surface area contributed by atoms with E-state index in [9.17, 15) is 4.79 Å². The molecule has 7 heteroatoms. The van der Waals surface area contributed by atoms with Gasteiger partial charge in [0.15, 0.2) is 5.82 Å². The van der Waals surface area contributed by atoms with Crippen molar-refractivity contribution in [3.63, 3.8) is 0 Å². The number of rotatable bonds is 8. The Morgan fingerprint density at radius 1 is 1.22 bits per heavy atom. The average molecular weight is 317 g/mol. The molecule has 23 heavy (non-hydrogen) atoms. The smallest absolute Gasteiger partial charge is 0.314 e. The fraction of sp³-hybridized carbons (Fsp3) is 0.500. The highest BCUT2D eigenvalue weighted by atomic mass is 16.5. The minimum absolute atomic E-state index is 0.172. The van der Waals surface area contributed by atoms with Gasteiger partial charge < -0.3 is 15.2 Å². The van der Waals surface area contributed by atoms with Crippen molar-refractivity contribution >= 4 is 6.03 Å². The Hall–Kier alpha value is -2.44. The Balaban J connectivity index is 1.56. The molecule has 124 valence electrons. The second kappa shape index (κ2) is 8.87. The Morgan fingerprint density at radius 3 is 2.74 bits per heavy atom. The Labute approximate surface area is 135 Å². The molecule has 0 radical (unpaired) electrons. The van der Waals surface area contributed by atoms with Crippen molar-refractivity contribution in [2.45, 2.75) is 39.0 Å². The zero-order valence-corrected chi connectivity index (χ0v) is 13.6. The van der Waals surface area contributed by atoms with Crippen molar-refractivity contribution in [1.29, 1.82) is 0 Å². The van der Waals surface area contributed by atoms with Gasteiger partial charge in [-0.2, -0.15) is 4.98 Å². The average Bonchev–Trinajstić information content (AvgIpc) is 3.02. The molecule has 2 rings (SSSR count). The number of aromatic nitrogens is 3. The first-order valence-electron chi connectivity index (χ1n) is 7.89. The monoisotopic (exact) mass is 317 g/mol. The van der Waals surface area contributed by atoms with Crippen LogP contribution in [0, 0.1) is 0 Å². The zero-order valence-electron chi connectivity index (χ0n) is 13.6. The van der Waals surface area contributed by atoms with Crippen molar-refractivity contribution in [2.75, 3.05) is 13.1 Å². The molecule has 0 fully saturated rings. The maximum Gasteiger partial charge on any atom is 0.314 e. The lowest BCUT2D eigenvalue weighted by Gasteiger charge is -2.06. The molecular weight excluding hydrogens is 294 g/mol. The molecule has 2 aromatic heterocycles. The number of carbonyl (C=O) groups excluding carboxylic acids is 1. The molecule has 0 spiro atoms. The van der Waals surface area contributed by atoms with Crippen molar-refractivity contribution < 1.29 is 9.32 Å². The quantitative estimate of drug-likeness (QED) is 0.727. The van der Waals surface area contributed by atoms with E-state index in [4.69, 9.17) is 4.52 Å². The molecule has 0 bridgehead atoms. The second-order valence-electron chi connectivity index (χ2n) is 5.56. The molecule has 7 nitrogen and oxygen atoms in total. The number of amides is 2. The third-order valence-corrected chi connectivity index (χ3v) is 3.25. The second-order valence-corrected chi connectivity index (χ2v) is 5.56. The molecule has 2 N–H and O–H groups in total. The van der Waals surface area contributed by atoms with Crippen LogP contribution < -0.4 is 10.6 Å². The van der Waals surface area contributed by atoms with Crippen LogP contribution >= 0.6 is 0 Å². The molecule has 0 saturated carbocycles. The summed E-state index contributed by atoms with van der Waals surface area (Å²) >= 11 is 0. The molecule has 0 atom stereocenters. The van der Waals surface area contributed by atoms with E-state index in [1.807, 2.05) is 32.0 Å². The summed E-state index contributed by atoms with van der Waals surface area (Å²) < 4.78 is 5.15. The van der Waals surface area contributed by atoms with Crippen LogP contribution in [0.2, 0.25) is 0 Å². The van der Waals surface area contributed by atoms with E-state index >= 15 is 0 Å². The van der Waals surface area contributed by atoms with E-state index in [-0.39, 0.29) is 11.9 Å². The predicted molar refractivity (Wildman–Crippen MR) is 86.1 cm³/mol. The van der Waals surface area contributed by atoms with Crippen LogP contribution in [0.15, 0.2) is 28.9 Å². The maximum absolute atomic E-state index is 11.6. The summed E-state index contributed by atoms with van der Waals surface area (Å²) in [6, 6.07) is 5.58. The number of pyridine rings is 1. The number of carbonyl (C=O) groups is 1. The van der Waals surface area contributed by atoms with Gasteiger partial charge in [-0.1, -0.05) is 25.1 Å². The summed E-state index contributed by atoms with van der Waals surface area (Å²) in [6.45, 7) is 5.16. The third kappa shape index (κ3) is 6.06. The Morgan fingerprint density at radius 2 is 2.04 bits per heavy atom. The first kappa shape index (κ1) is 16.9. The molecule has 0 saturated heterocycles. The highest BCUT2D eigenvalue weighted by molar-refractivity contribution is 5.73. The first-order valence-corrected chi connectivity index (χ1v) is 7.89. The minimum Gasteiger partial charge on any atom is -0.339 e. The van der Waals surface area contributed by atoms with Crippen LogP contribution in [0.25, 0.3) is 0 Å². The highest BCUT2D eigenvalue weighted by Crippen LogP contribution is 2.10. The van der Waals surface area contributed by atoms with E-state index in [2.05, 4.69) is 25.8 Å². The SMILES string of the molecule is CC(C)c1noc(CCCNC(=O)NCCc2ccccn2)n1. The summed E-state index contributed by atoms with van der Waals surface area (Å²) in [5, 5.41) is 9.52. The molecule has 2 aromatic rings. The molecule has 0 aliphatic carbocycles. The molecule has 2 heterocycles. The van der Waals surface area contributed by atoms with Gasteiger partial charge >= 0.3 is 6.03 Å². The van der Waals surface area contributed by atoms with Gasteiger partial charge in [-0.15, -0.1) is 0 Å². The van der Waals surface area contributed by atoms with Crippen LogP contribution in [0.3, 0.4) is 0 Å². The normalized spacial score (nSPS) is 10.7. The van der Waals surface area contributed by atoms with Crippen LogP contribution in [-0.4, -0.2) is 34.2 Å². The van der Waals surface area contributed by atoms with Crippen molar-refractivity contribution in [3.8, 4) is 0 Å². The largest absolute Gasteiger partial charge is 0.339 e.